The molecule has 1 N–H and O–H groups in total. The average Bonchev–Trinajstić information content (AvgIpc) is 2.48. The summed E-state index contributed by atoms with van der Waals surface area (Å²) in [6.45, 7) is 0.212. The van der Waals surface area contributed by atoms with Crippen molar-refractivity contribution in [3.05, 3.63) is 59.5 Å². The fourth-order valence-corrected chi connectivity index (χ4v) is 1.94. The van der Waals surface area contributed by atoms with Gasteiger partial charge in [0.15, 0.2) is 0 Å². The number of benzene rings is 1. The third kappa shape index (κ3) is 2.93. The Labute approximate surface area is 117 Å². The normalized spacial score (nSPS) is 10.2. The molecule has 0 fully saturated rings. The fourth-order valence-electron chi connectivity index (χ4n) is 1.94. The van der Waals surface area contributed by atoms with Crippen LogP contribution in [0, 0.1) is 5.82 Å². The zero-order valence-corrected chi connectivity index (χ0v) is 11.4. The predicted octanol–water partition coefficient (Wildman–Crippen LogP) is 2.53. The van der Waals surface area contributed by atoms with Crippen molar-refractivity contribution in [1.29, 1.82) is 0 Å². The average molecular weight is 273 g/mol. The number of halogens is 1. The molecule has 0 atom stereocenters. The molecule has 20 heavy (non-hydrogen) atoms. The van der Waals surface area contributed by atoms with Gasteiger partial charge in [0.25, 0.3) is 5.91 Å². The second-order valence-electron chi connectivity index (χ2n) is 4.40. The lowest BCUT2D eigenvalue weighted by molar-refractivity contribution is 0.0784. The SMILES string of the molecule is CNc1ncccc1C(=O)N(C)Cc1ccccc1F. The van der Waals surface area contributed by atoms with Crippen molar-refractivity contribution < 1.29 is 9.18 Å². The van der Waals surface area contributed by atoms with Gasteiger partial charge in [-0.1, -0.05) is 18.2 Å². The minimum atomic E-state index is -0.313. The Morgan fingerprint density at radius 2 is 2.05 bits per heavy atom. The number of hydrogen-bond donors (Lipinski definition) is 1. The maximum Gasteiger partial charge on any atom is 0.257 e. The summed E-state index contributed by atoms with van der Waals surface area (Å²) in [6, 6.07) is 9.82. The largest absolute Gasteiger partial charge is 0.372 e. The molecule has 5 heteroatoms. The van der Waals surface area contributed by atoms with Crippen LogP contribution in [0.15, 0.2) is 42.6 Å². The second-order valence-corrected chi connectivity index (χ2v) is 4.40. The van der Waals surface area contributed by atoms with Crippen molar-refractivity contribution in [3.8, 4) is 0 Å². The number of nitrogens with zero attached hydrogens (tertiary/aromatic N) is 2. The number of hydrogen-bond acceptors (Lipinski definition) is 3. The highest BCUT2D eigenvalue weighted by atomic mass is 19.1. The minimum Gasteiger partial charge on any atom is -0.372 e. The van der Waals surface area contributed by atoms with E-state index in [9.17, 15) is 9.18 Å². The standard InChI is InChI=1S/C15H16FN3O/c1-17-14-12(7-5-9-18-14)15(20)19(2)10-11-6-3-4-8-13(11)16/h3-9H,10H2,1-2H3,(H,17,18). The van der Waals surface area contributed by atoms with E-state index in [-0.39, 0.29) is 18.3 Å². The summed E-state index contributed by atoms with van der Waals surface area (Å²) in [4.78, 5) is 17.9. The molecule has 1 heterocycles. The van der Waals surface area contributed by atoms with Crippen LogP contribution in [-0.4, -0.2) is 29.9 Å². The number of nitrogens with one attached hydrogen (secondary N) is 1. The summed E-state index contributed by atoms with van der Waals surface area (Å²) in [5.41, 5.74) is 0.951. The van der Waals surface area contributed by atoms with Crippen LogP contribution in [0.3, 0.4) is 0 Å². The first-order valence-corrected chi connectivity index (χ1v) is 6.25. The monoisotopic (exact) mass is 273 g/mol. The molecule has 0 saturated carbocycles. The van der Waals surface area contributed by atoms with Gasteiger partial charge in [0.05, 0.1) is 5.56 Å². The van der Waals surface area contributed by atoms with Gasteiger partial charge in [-0.15, -0.1) is 0 Å². The zero-order chi connectivity index (χ0) is 14.5. The molecule has 4 nitrogen and oxygen atoms in total. The Balaban J connectivity index is 2.19. The van der Waals surface area contributed by atoms with E-state index in [0.29, 0.717) is 16.9 Å². The Morgan fingerprint density at radius 3 is 2.75 bits per heavy atom. The molecule has 0 saturated heterocycles. The van der Waals surface area contributed by atoms with E-state index in [0.717, 1.165) is 0 Å². The van der Waals surface area contributed by atoms with Gasteiger partial charge < -0.3 is 10.2 Å². The van der Waals surface area contributed by atoms with E-state index >= 15 is 0 Å². The molecule has 0 aliphatic rings. The van der Waals surface area contributed by atoms with Crippen molar-refractivity contribution >= 4 is 11.7 Å². The highest BCUT2D eigenvalue weighted by Crippen LogP contribution is 2.15. The highest BCUT2D eigenvalue weighted by molar-refractivity contribution is 5.98. The van der Waals surface area contributed by atoms with Crippen LogP contribution in [0.2, 0.25) is 0 Å². The maximum absolute atomic E-state index is 13.6. The molecule has 0 bridgehead atoms. The third-order valence-electron chi connectivity index (χ3n) is 2.99. The number of anilines is 1. The van der Waals surface area contributed by atoms with Gasteiger partial charge in [-0.3, -0.25) is 4.79 Å². The maximum atomic E-state index is 13.6. The number of carbonyl (C=O) groups is 1. The molecule has 1 aromatic heterocycles. The lowest BCUT2D eigenvalue weighted by Crippen LogP contribution is -2.27. The van der Waals surface area contributed by atoms with Crippen LogP contribution in [-0.2, 0) is 6.54 Å². The van der Waals surface area contributed by atoms with E-state index in [2.05, 4.69) is 10.3 Å². The van der Waals surface area contributed by atoms with Gasteiger partial charge in [0.1, 0.15) is 11.6 Å². The molecule has 0 unspecified atom stereocenters. The highest BCUT2D eigenvalue weighted by Gasteiger charge is 2.17. The third-order valence-corrected chi connectivity index (χ3v) is 2.99. The first kappa shape index (κ1) is 14.0. The first-order chi connectivity index (χ1) is 9.63. The van der Waals surface area contributed by atoms with Crippen LogP contribution in [0.25, 0.3) is 0 Å². The van der Waals surface area contributed by atoms with Gasteiger partial charge in [-0.05, 0) is 18.2 Å². The second kappa shape index (κ2) is 6.14. The lowest BCUT2D eigenvalue weighted by Gasteiger charge is -2.18. The molecule has 0 radical (unpaired) electrons. The molecular weight excluding hydrogens is 257 g/mol. The smallest absolute Gasteiger partial charge is 0.257 e. The number of rotatable bonds is 4. The van der Waals surface area contributed by atoms with Crippen LogP contribution < -0.4 is 5.32 Å². The van der Waals surface area contributed by atoms with Crippen molar-refractivity contribution in [1.82, 2.24) is 9.88 Å². The predicted molar refractivity (Wildman–Crippen MR) is 76.0 cm³/mol. The zero-order valence-electron chi connectivity index (χ0n) is 11.4. The first-order valence-electron chi connectivity index (χ1n) is 6.25. The van der Waals surface area contributed by atoms with E-state index in [1.807, 2.05) is 0 Å². The summed E-state index contributed by atoms with van der Waals surface area (Å²) in [7, 11) is 3.34. The molecule has 2 rings (SSSR count). The topological polar surface area (TPSA) is 45.2 Å². The minimum absolute atomic E-state index is 0.203. The van der Waals surface area contributed by atoms with E-state index in [4.69, 9.17) is 0 Å². The molecule has 0 aliphatic heterocycles. The summed E-state index contributed by atoms with van der Waals surface area (Å²) >= 11 is 0. The van der Waals surface area contributed by atoms with Gasteiger partial charge in [-0.25, -0.2) is 9.37 Å². The Kier molecular flexibility index (Phi) is 4.30. The molecule has 1 amide bonds. The summed E-state index contributed by atoms with van der Waals surface area (Å²) < 4.78 is 13.6. The lowest BCUT2D eigenvalue weighted by atomic mass is 10.1. The van der Waals surface area contributed by atoms with Gasteiger partial charge in [0, 0.05) is 32.4 Å². The van der Waals surface area contributed by atoms with Crippen LogP contribution in [0.1, 0.15) is 15.9 Å². The number of carbonyl (C=O) groups excluding carboxylic acids is 1. The van der Waals surface area contributed by atoms with Crippen molar-refractivity contribution in [2.24, 2.45) is 0 Å². The van der Waals surface area contributed by atoms with Gasteiger partial charge in [-0.2, -0.15) is 0 Å². The fraction of sp³-hybridized carbons (Fsp3) is 0.200. The molecule has 0 spiro atoms. The number of pyridine rings is 1. The summed E-state index contributed by atoms with van der Waals surface area (Å²) in [5.74, 6) is -0.00392. The van der Waals surface area contributed by atoms with Crippen molar-refractivity contribution in [2.75, 3.05) is 19.4 Å². The molecule has 2 aromatic rings. The van der Waals surface area contributed by atoms with E-state index < -0.39 is 0 Å². The van der Waals surface area contributed by atoms with E-state index in [1.54, 1.807) is 50.6 Å². The van der Waals surface area contributed by atoms with Gasteiger partial charge >= 0.3 is 0 Å². The Bertz CT molecular complexity index is 616. The summed E-state index contributed by atoms with van der Waals surface area (Å²) in [6.07, 6.45) is 1.61. The molecule has 104 valence electrons. The van der Waals surface area contributed by atoms with Gasteiger partial charge in [0.2, 0.25) is 0 Å². The van der Waals surface area contributed by atoms with Crippen LogP contribution >= 0.6 is 0 Å². The number of amides is 1. The van der Waals surface area contributed by atoms with Crippen LogP contribution in [0.4, 0.5) is 10.2 Å². The van der Waals surface area contributed by atoms with Crippen molar-refractivity contribution in [2.45, 2.75) is 6.54 Å². The van der Waals surface area contributed by atoms with Crippen molar-refractivity contribution in [3.63, 3.8) is 0 Å². The van der Waals surface area contributed by atoms with Crippen LogP contribution in [0.5, 0.6) is 0 Å². The number of aromatic nitrogens is 1. The quantitative estimate of drug-likeness (QED) is 0.931. The summed E-state index contributed by atoms with van der Waals surface area (Å²) in [5, 5.41) is 2.87. The Morgan fingerprint density at radius 1 is 1.30 bits per heavy atom. The Hall–Kier alpha value is -2.43. The molecular formula is C15H16FN3O. The molecule has 1 aromatic carbocycles. The van der Waals surface area contributed by atoms with E-state index in [1.165, 1.54) is 11.0 Å². The molecule has 0 aliphatic carbocycles.